The lowest BCUT2D eigenvalue weighted by molar-refractivity contribution is -0.119. The van der Waals surface area contributed by atoms with E-state index in [0.717, 1.165) is 0 Å². The average Bonchev–Trinajstić information content (AvgIpc) is 3.15. The fourth-order valence-corrected chi connectivity index (χ4v) is 5.59. The number of benzene rings is 1. The number of carbonyl (C=O) groups is 1. The van der Waals surface area contributed by atoms with Crippen LogP contribution in [-0.4, -0.2) is 88.0 Å². The van der Waals surface area contributed by atoms with E-state index in [1.54, 1.807) is 24.3 Å². The third kappa shape index (κ3) is 9.39. The van der Waals surface area contributed by atoms with Crippen LogP contribution in [0.5, 0.6) is 0 Å². The molecule has 5 atom stereocenters. The molecule has 0 saturated carbocycles. The molecule has 0 spiro atoms. The maximum Gasteiger partial charge on any atom is 0.338 e. The lowest BCUT2D eigenvalue weighted by atomic mass is 9.92. The van der Waals surface area contributed by atoms with Crippen LogP contribution in [0.15, 0.2) is 30.3 Å². The van der Waals surface area contributed by atoms with Crippen molar-refractivity contribution in [3.05, 3.63) is 47.3 Å². The van der Waals surface area contributed by atoms with Crippen molar-refractivity contribution in [3.63, 3.8) is 0 Å². The molecule has 1 saturated heterocycles. The second-order valence-corrected chi connectivity index (χ2v) is 10.2. The van der Waals surface area contributed by atoms with Gasteiger partial charge < -0.3 is 32.8 Å². The van der Waals surface area contributed by atoms with Gasteiger partial charge in [-0.1, -0.05) is 25.1 Å². The van der Waals surface area contributed by atoms with Crippen LogP contribution in [0.1, 0.15) is 51.4 Å². The highest BCUT2D eigenvalue weighted by atomic mass is 31.2. The Hall–Kier alpha value is -1.57. The van der Waals surface area contributed by atoms with E-state index in [1.807, 2.05) is 13.0 Å². The Morgan fingerprint density at radius 2 is 1.83 bits per heavy atom. The summed E-state index contributed by atoms with van der Waals surface area (Å²) in [7, 11) is 4.75. The molecule has 198 valence electrons. The molecule has 9 nitrogen and oxygen atoms in total. The SMILES string of the molecule is [B][C@@H]1O[C@H](CC)[C@H](OP(OCC[N+]#[C-])N(C(C)C)C(C)C)C1OCOCCOC(=O)c1ccccc1. The van der Waals surface area contributed by atoms with Gasteiger partial charge in [-0.25, -0.2) is 16.0 Å². The Kier molecular flexibility index (Phi) is 13.9. The zero-order chi connectivity index (χ0) is 26.5. The van der Waals surface area contributed by atoms with Crippen LogP contribution in [0.3, 0.4) is 0 Å². The lowest BCUT2D eigenvalue weighted by Gasteiger charge is -2.38. The molecule has 36 heavy (non-hydrogen) atoms. The van der Waals surface area contributed by atoms with E-state index < -0.39 is 32.7 Å². The van der Waals surface area contributed by atoms with Gasteiger partial charge in [0.25, 0.3) is 8.53 Å². The van der Waals surface area contributed by atoms with E-state index >= 15 is 0 Å². The van der Waals surface area contributed by atoms with Gasteiger partial charge in [-0.2, -0.15) is 0 Å². The summed E-state index contributed by atoms with van der Waals surface area (Å²) < 4.78 is 37.3. The topological polar surface area (TPSA) is 80.1 Å². The molecule has 0 aromatic heterocycles. The monoisotopic (exact) mass is 520 g/mol. The molecule has 0 bridgehead atoms. The standard InChI is InChI=1S/C25H38BN2O7P/c1-7-21-22(35-36(33-14-13-27-6)28(18(2)3)19(4)5)23(24(26)34-21)32-17-30-15-16-31-25(29)20-11-9-8-10-12-20/h8-12,18-19,21-24H,7,13-17H2,1-5H3/t21-,22+,23?,24-,36?/m1/s1. The minimum absolute atomic E-state index is 0.0600. The summed E-state index contributed by atoms with van der Waals surface area (Å²) in [6.45, 7) is 18.1. The maximum atomic E-state index is 12.0. The molecule has 0 amide bonds. The quantitative estimate of drug-likeness (QED) is 0.0803. The van der Waals surface area contributed by atoms with Gasteiger partial charge in [-0.3, -0.25) is 0 Å². The van der Waals surface area contributed by atoms with Crippen LogP contribution < -0.4 is 0 Å². The Morgan fingerprint density at radius 3 is 2.44 bits per heavy atom. The predicted octanol–water partition coefficient (Wildman–Crippen LogP) is 4.17. The molecule has 1 aliphatic heterocycles. The van der Waals surface area contributed by atoms with Gasteiger partial charge in [0.1, 0.15) is 40.1 Å². The highest BCUT2D eigenvalue weighted by Crippen LogP contribution is 2.49. The molecular weight excluding hydrogens is 482 g/mol. The minimum atomic E-state index is -1.48. The van der Waals surface area contributed by atoms with Crippen molar-refractivity contribution in [2.45, 2.75) is 77.4 Å². The number of hydrogen-bond donors (Lipinski definition) is 0. The first-order chi connectivity index (χ1) is 17.3. The molecular formula is C25H38BN2O7P. The summed E-state index contributed by atoms with van der Waals surface area (Å²) in [6.07, 6.45) is -0.628. The van der Waals surface area contributed by atoms with E-state index in [-0.39, 0.29) is 51.3 Å². The fraction of sp³-hybridized carbons (Fsp3) is 0.680. The van der Waals surface area contributed by atoms with E-state index in [1.165, 1.54) is 0 Å². The second-order valence-electron chi connectivity index (χ2n) is 8.80. The van der Waals surface area contributed by atoms with Crippen LogP contribution in [0, 0.1) is 6.57 Å². The number of ether oxygens (including phenoxy) is 4. The summed E-state index contributed by atoms with van der Waals surface area (Å²) in [4.78, 5) is 15.4. The van der Waals surface area contributed by atoms with Crippen LogP contribution in [0.25, 0.3) is 4.85 Å². The van der Waals surface area contributed by atoms with Gasteiger partial charge >= 0.3 is 5.97 Å². The summed E-state index contributed by atoms with van der Waals surface area (Å²) in [5.74, 6) is -0.406. The van der Waals surface area contributed by atoms with Gasteiger partial charge in [-0.05, 0) is 46.2 Å². The van der Waals surface area contributed by atoms with E-state index in [9.17, 15) is 4.79 Å². The highest BCUT2D eigenvalue weighted by molar-refractivity contribution is 7.44. The molecule has 1 heterocycles. The molecule has 1 aromatic carbocycles. The minimum Gasteiger partial charge on any atom is -0.460 e. The van der Waals surface area contributed by atoms with E-state index in [2.05, 4.69) is 37.2 Å². The normalized spacial score (nSPS) is 22.8. The van der Waals surface area contributed by atoms with Gasteiger partial charge in [-0.15, -0.1) is 0 Å². The summed E-state index contributed by atoms with van der Waals surface area (Å²) >= 11 is 0. The van der Waals surface area contributed by atoms with Crippen LogP contribution >= 0.6 is 8.53 Å². The zero-order valence-electron chi connectivity index (χ0n) is 21.9. The van der Waals surface area contributed by atoms with Crippen LogP contribution in [-0.2, 0) is 28.0 Å². The van der Waals surface area contributed by atoms with Gasteiger partial charge in [0.2, 0.25) is 6.54 Å². The van der Waals surface area contributed by atoms with Crippen molar-refractivity contribution in [3.8, 4) is 0 Å². The number of nitrogens with zero attached hydrogens (tertiary/aromatic N) is 2. The summed E-state index contributed by atoms with van der Waals surface area (Å²) in [5, 5.41) is 0. The van der Waals surface area contributed by atoms with Crippen molar-refractivity contribution >= 4 is 22.3 Å². The van der Waals surface area contributed by atoms with E-state index in [4.69, 9.17) is 42.4 Å². The zero-order valence-corrected chi connectivity index (χ0v) is 22.8. The third-order valence-electron chi connectivity index (χ3n) is 5.43. The first kappa shape index (κ1) is 30.7. The largest absolute Gasteiger partial charge is 0.460 e. The summed E-state index contributed by atoms with van der Waals surface area (Å²) in [6, 6.07) is 8.42. The van der Waals surface area contributed by atoms with Crippen molar-refractivity contribution in [1.29, 1.82) is 0 Å². The number of carbonyl (C=O) groups excluding carboxylic acids is 1. The molecule has 0 N–H and O–H groups in total. The molecule has 0 aliphatic carbocycles. The van der Waals surface area contributed by atoms with E-state index in [0.29, 0.717) is 12.0 Å². The fourth-order valence-electron chi connectivity index (χ4n) is 3.83. The molecule has 1 aromatic rings. The van der Waals surface area contributed by atoms with Crippen molar-refractivity contribution in [1.82, 2.24) is 4.67 Å². The highest BCUT2D eigenvalue weighted by Gasteiger charge is 2.46. The second kappa shape index (κ2) is 16.3. The molecule has 2 rings (SSSR count). The molecule has 2 radical (unpaired) electrons. The van der Waals surface area contributed by atoms with Crippen LogP contribution in [0.2, 0.25) is 0 Å². The summed E-state index contributed by atoms with van der Waals surface area (Å²) in [5.41, 5.74) is 0.486. The smallest absolute Gasteiger partial charge is 0.338 e. The van der Waals surface area contributed by atoms with Crippen molar-refractivity contribution < 1.29 is 32.8 Å². The lowest BCUT2D eigenvalue weighted by Crippen LogP contribution is -2.41. The Morgan fingerprint density at radius 1 is 1.14 bits per heavy atom. The Bertz CT molecular complexity index is 803. The van der Waals surface area contributed by atoms with Gasteiger partial charge in [0.15, 0.2) is 0 Å². The Balaban J connectivity index is 1.93. The predicted molar refractivity (Wildman–Crippen MR) is 138 cm³/mol. The van der Waals surface area contributed by atoms with Gasteiger partial charge in [0.05, 0.1) is 18.3 Å². The average molecular weight is 520 g/mol. The van der Waals surface area contributed by atoms with Crippen molar-refractivity contribution in [2.75, 3.05) is 33.2 Å². The molecule has 11 heteroatoms. The number of hydrogen-bond acceptors (Lipinski definition) is 8. The van der Waals surface area contributed by atoms with Gasteiger partial charge in [0, 0.05) is 18.1 Å². The molecule has 2 unspecified atom stereocenters. The van der Waals surface area contributed by atoms with Crippen molar-refractivity contribution in [2.24, 2.45) is 0 Å². The molecule has 1 fully saturated rings. The van der Waals surface area contributed by atoms with Crippen LogP contribution in [0.4, 0.5) is 0 Å². The maximum absolute atomic E-state index is 12.0. The Labute approximate surface area is 217 Å². The number of rotatable bonds is 16. The third-order valence-corrected chi connectivity index (χ3v) is 7.55. The number of esters is 1. The first-order valence-electron chi connectivity index (χ1n) is 12.3. The first-order valence-corrected chi connectivity index (χ1v) is 13.5. The molecule has 1 aliphatic rings.